The summed E-state index contributed by atoms with van der Waals surface area (Å²) in [6, 6.07) is 6.26. The predicted molar refractivity (Wildman–Crippen MR) is 84.6 cm³/mol. The number of carbonyl (C=O) groups excluding carboxylic acids is 1. The van der Waals surface area contributed by atoms with Gasteiger partial charge in [-0.15, -0.1) is 0 Å². The van der Waals surface area contributed by atoms with Crippen LogP contribution < -0.4 is 16.2 Å². The molecule has 0 aromatic heterocycles. The molecular formula is C16H13NO9. The van der Waals surface area contributed by atoms with Gasteiger partial charge in [-0.05, 0) is 5.56 Å². The number of hydrogen-bond donors (Lipinski definition) is 4. The first-order valence-corrected chi connectivity index (χ1v) is 7.19. The molecule has 10 nitrogen and oxygen atoms in total. The lowest BCUT2D eigenvalue weighted by molar-refractivity contribution is -0.147. The van der Waals surface area contributed by atoms with Gasteiger partial charge in [-0.1, -0.05) is 30.3 Å². The number of aromatic hydroxyl groups is 1. The van der Waals surface area contributed by atoms with Crippen molar-refractivity contribution in [3.63, 3.8) is 0 Å². The van der Waals surface area contributed by atoms with Crippen molar-refractivity contribution in [2.24, 2.45) is 0 Å². The Bertz CT molecular complexity index is 912. The second kappa shape index (κ2) is 7.47. The van der Waals surface area contributed by atoms with Crippen molar-refractivity contribution in [1.82, 2.24) is 5.32 Å². The average molecular weight is 363 g/mol. The molecule has 0 aliphatic heterocycles. The first kappa shape index (κ1) is 18.6. The largest absolute Gasteiger partial charge is 0.504 e. The number of ether oxygens (including phenoxy) is 1. The van der Waals surface area contributed by atoms with Crippen LogP contribution in [0.3, 0.4) is 0 Å². The molecule has 0 spiro atoms. The molecule has 0 aliphatic rings. The molecule has 2 aromatic rings. The van der Waals surface area contributed by atoms with Crippen molar-refractivity contribution in [3.05, 3.63) is 61.9 Å². The smallest absolute Gasteiger partial charge is 0.408 e. The normalized spacial score (nSPS) is 12.9. The maximum absolute atomic E-state index is 11.8. The van der Waals surface area contributed by atoms with Gasteiger partial charge in [-0.3, -0.25) is 14.4 Å². The van der Waals surface area contributed by atoms with Gasteiger partial charge in [0.2, 0.25) is 5.43 Å². The summed E-state index contributed by atoms with van der Waals surface area (Å²) in [5.74, 6) is -6.89. The Hall–Kier alpha value is -3.69. The minimum atomic E-state index is -2.15. The van der Waals surface area contributed by atoms with Gasteiger partial charge in [0, 0.05) is 0 Å². The van der Waals surface area contributed by atoms with Crippen LogP contribution in [0.5, 0.6) is 5.75 Å². The number of hydrogen-bond acceptors (Lipinski definition) is 7. The van der Waals surface area contributed by atoms with Gasteiger partial charge >= 0.3 is 18.0 Å². The first-order chi connectivity index (χ1) is 12.2. The van der Waals surface area contributed by atoms with Crippen LogP contribution in [0.1, 0.15) is 17.0 Å². The molecule has 4 N–H and O–H groups in total. The standard InChI is InChI=1S/C16H13NO9/c18-11-9(12(19)13(11)20)8(14(21)22)10(15(23)24)17-16(25)26-6-7-4-2-1-3-5-7/h1-5,8,10,18H,6H2,(H,17,25)(H,21,22)(H,23,24)/t8?,10-/m0/s1. The fraction of sp³-hybridized carbons (Fsp3) is 0.188. The van der Waals surface area contributed by atoms with E-state index >= 15 is 0 Å². The van der Waals surface area contributed by atoms with Crippen molar-refractivity contribution in [1.29, 1.82) is 0 Å². The van der Waals surface area contributed by atoms with E-state index in [2.05, 4.69) is 0 Å². The lowest BCUT2D eigenvalue weighted by Crippen LogP contribution is -2.51. The number of rotatable bonds is 7. The molecular weight excluding hydrogens is 350 g/mol. The monoisotopic (exact) mass is 363 g/mol. The van der Waals surface area contributed by atoms with E-state index in [4.69, 9.17) is 4.74 Å². The fourth-order valence-electron chi connectivity index (χ4n) is 2.30. The summed E-state index contributed by atoms with van der Waals surface area (Å²) in [6.07, 6.45) is -1.24. The van der Waals surface area contributed by atoms with Crippen LogP contribution in [0.15, 0.2) is 39.9 Å². The molecule has 0 fully saturated rings. The minimum Gasteiger partial charge on any atom is -0.504 e. The zero-order valence-electron chi connectivity index (χ0n) is 13.0. The average Bonchev–Trinajstić information content (AvgIpc) is 2.62. The Morgan fingerprint density at radius 2 is 1.62 bits per heavy atom. The van der Waals surface area contributed by atoms with Crippen molar-refractivity contribution in [3.8, 4) is 5.75 Å². The predicted octanol–water partition coefficient (Wildman–Crippen LogP) is -0.464. The van der Waals surface area contributed by atoms with Crippen molar-refractivity contribution < 1.29 is 34.4 Å². The third-order valence-corrected chi connectivity index (χ3v) is 3.58. The van der Waals surface area contributed by atoms with Gasteiger partial charge in [0.15, 0.2) is 5.75 Å². The molecule has 0 saturated carbocycles. The second-order valence-electron chi connectivity index (χ2n) is 5.26. The number of carbonyl (C=O) groups is 3. The molecule has 136 valence electrons. The Kier molecular flexibility index (Phi) is 5.36. The highest BCUT2D eigenvalue weighted by Gasteiger charge is 2.43. The molecule has 1 amide bonds. The molecule has 2 atom stereocenters. The summed E-state index contributed by atoms with van der Waals surface area (Å²) in [7, 11) is 0. The molecule has 0 aliphatic carbocycles. The number of aliphatic carboxylic acids is 2. The Labute approximate surface area is 145 Å². The third-order valence-electron chi connectivity index (χ3n) is 3.58. The maximum Gasteiger partial charge on any atom is 0.408 e. The molecule has 0 radical (unpaired) electrons. The van der Waals surface area contributed by atoms with Crippen molar-refractivity contribution in [2.75, 3.05) is 0 Å². The van der Waals surface area contributed by atoms with Gasteiger partial charge in [0.1, 0.15) is 18.6 Å². The fourth-order valence-corrected chi connectivity index (χ4v) is 2.30. The van der Waals surface area contributed by atoms with E-state index in [1.54, 1.807) is 30.3 Å². The molecule has 0 bridgehead atoms. The van der Waals surface area contributed by atoms with E-state index in [9.17, 15) is 39.3 Å². The topological polar surface area (TPSA) is 167 Å². The van der Waals surface area contributed by atoms with E-state index in [0.29, 0.717) is 5.56 Å². The highest BCUT2D eigenvalue weighted by atomic mass is 16.5. The highest BCUT2D eigenvalue weighted by molar-refractivity contribution is 5.90. The third kappa shape index (κ3) is 3.69. The molecule has 2 rings (SSSR count). The summed E-state index contributed by atoms with van der Waals surface area (Å²) in [5, 5.41) is 29.6. The molecule has 0 heterocycles. The van der Waals surface area contributed by atoms with E-state index in [1.807, 2.05) is 5.32 Å². The second-order valence-corrected chi connectivity index (χ2v) is 5.26. The van der Waals surface area contributed by atoms with Gasteiger partial charge in [0.25, 0.3) is 5.43 Å². The zero-order chi connectivity index (χ0) is 19.4. The number of nitrogens with one attached hydrogen (secondary N) is 1. The van der Waals surface area contributed by atoms with E-state index in [0.717, 1.165) is 0 Å². The van der Waals surface area contributed by atoms with Crippen LogP contribution in [0, 0.1) is 0 Å². The summed E-state index contributed by atoms with van der Waals surface area (Å²) in [5.41, 5.74) is -2.91. The molecule has 1 unspecified atom stereocenters. The van der Waals surface area contributed by atoms with Crippen molar-refractivity contribution >= 4 is 18.0 Å². The SMILES string of the molecule is O=C(N[C@H](C(=O)O)C(C(=O)O)c1c(O)c(=O)c1=O)OCc1ccccc1. The maximum atomic E-state index is 11.8. The van der Waals surface area contributed by atoms with Gasteiger partial charge < -0.3 is 25.4 Å². The lowest BCUT2D eigenvalue weighted by atomic mass is 9.87. The molecule has 2 aromatic carbocycles. The summed E-state index contributed by atoms with van der Waals surface area (Å²) >= 11 is 0. The summed E-state index contributed by atoms with van der Waals surface area (Å²) in [4.78, 5) is 57.1. The number of benzene rings is 1. The van der Waals surface area contributed by atoms with Gasteiger partial charge in [-0.25, -0.2) is 9.59 Å². The number of carboxylic acid groups (broad SMARTS) is 2. The molecule has 26 heavy (non-hydrogen) atoms. The Morgan fingerprint density at radius 1 is 1.00 bits per heavy atom. The number of carboxylic acids is 2. The van der Waals surface area contributed by atoms with Crippen LogP contribution in [0.2, 0.25) is 0 Å². The van der Waals surface area contributed by atoms with Crippen LogP contribution in [0.4, 0.5) is 4.79 Å². The summed E-state index contributed by atoms with van der Waals surface area (Å²) in [6.45, 7) is -0.206. The highest BCUT2D eigenvalue weighted by Crippen LogP contribution is 2.25. The quantitative estimate of drug-likeness (QED) is 0.476. The summed E-state index contributed by atoms with van der Waals surface area (Å²) < 4.78 is 4.81. The lowest BCUT2D eigenvalue weighted by Gasteiger charge is -2.22. The van der Waals surface area contributed by atoms with Gasteiger partial charge in [-0.2, -0.15) is 0 Å². The Morgan fingerprint density at radius 3 is 2.12 bits per heavy atom. The van der Waals surface area contributed by atoms with Crippen LogP contribution in [-0.2, 0) is 20.9 Å². The minimum absolute atomic E-state index is 0.206. The van der Waals surface area contributed by atoms with Crippen LogP contribution in [0.25, 0.3) is 0 Å². The number of alkyl carbamates (subject to hydrolysis) is 1. The van der Waals surface area contributed by atoms with Crippen LogP contribution in [-0.4, -0.2) is 39.4 Å². The first-order valence-electron chi connectivity index (χ1n) is 7.19. The Balaban J connectivity index is 2.17. The van der Waals surface area contributed by atoms with E-state index in [1.165, 1.54) is 0 Å². The zero-order valence-corrected chi connectivity index (χ0v) is 13.0. The van der Waals surface area contributed by atoms with E-state index < -0.39 is 52.2 Å². The number of amides is 1. The molecule has 10 heteroatoms. The van der Waals surface area contributed by atoms with Crippen LogP contribution >= 0.6 is 0 Å². The molecule has 0 saturated heterocycles. The van der Waals surface area contributed by atoms with Crippen molar-refractivity contribution in [2.45, 2.75) is 18.6 Å². The van der Waals surface area contributed by atoms with Gasteiger partial charge in [0.05, 0.1) is 5.56 Å². The van der Waals surface area contributed by atoms with E-state index in [-0.39, 0.29) is 6.61 Å².